The minimum absolute atomic E-state index is 0.0502. The second kappa shape index (κ2) is 6.23. The van der Waals surface area contributed by atoms with E-state index in [1.807, 2.05) is 0 Å². The minimum atomic E-state index is -3.70. The normalized spacial score (nSPS) is 12.2. The number of para-hydroxylation sites is 1. The van der Waals surface area contributed by atoms with E-state index in [9.17, 15) is 13.2 Å². The third kappa shape index (κ3) is 6.03. The highest BCUT2D eigenvalue weighted by atomic mass is 32.2. The second-order valence-corrected chi connectivity index (χ2v) is 6.92. The van der Waals surface area contributed by atoms with E-state index in [0.29, 0.717) is 11.3 Å². The highest BCUT2D eigenvalue weighted by Crippen LogP contribution is 2.18. The fourth-order valence-electron chi connectivity index (χ4n) is 1.65. The van der Waals surface area contributed by atoms with Crippen LogP contribution in [-0.4, -0.2) is 25.0 Å². The first kappa shape index (κ1) is 16.5. The van der Waals surface area contributed by atoms with Gasteiger partial charge in [-0.3, -0.25) is 9.52 Å². The number of hydrogen-bond acceptors (Lipinski definition) is 3. The topological polar surface area (TPSA) is 95.5 Å². The van der Waals surface area contributed by atoms with Gasteiger partial charge < -0.3 is 5.11 Å². The van der Waals surface area contributed by atoms with Gasteiger partial charge >= 0.3 is 5.97 Å². The van der Waals surface area contributed by atoms with Gasteiger partial charge in [-0.05, 0) is 38.8 Å². The van der Waals surface area contributed by atoms with Crippen molar-refractivity contribution in [3.05, 3.63) is 29.8 Å². The number of carbonyl (C=O) groups is 1. The summed E-state index contributed by atoms with van der Waals surface area (Å²) in [4.78, 5) is 10.6. The molecule has 0 atom stereocenters. The Kier molecular flexibility index (Phi) is 5.13. The SMILES string of the molecule is CC(C)(C)NS(=O)(=O)Nc1ccccc1CCC(=O)O. The van der Waals surface area contributed by atoms with Crippen LogP contribution in [0.2, 0.25) is 0 Å². The Labute approximate surface area is 119 Å². The van der Waals surface area contributed by atoms with Crippen LogP contribution in [0.1, 0.15) is 32.8 Å². The zero-order valence-corrected chi connectivity index (χ0v) is 12.6. The predicted octanol–water partition coefficient (Wildman–Crippen LogP) is 1.75. The van der Waals surface area contributed by atoms with Gasteiger partial charge in [-0.15, -0.1) is 0 Å². The molecule has 6 nitrogen and oxygen atoms in total. The number of hydrogen-bond donors (Lipinski definition) is 3. The number of anilines is 1. The molecule has 0 spiro atoms. The molecule has 0 aliphatic carbocycles. The molecule has 1 aromatic carbocycles. The van der Waals surface area contributed by atoms with Gasteiger partial charge in [-0.25, -0.2) is 0 Å². The fourth-order valence-corrected chi connectivity index (χ4v) is 3.00. The highest BCUT2D eigenvalue weighted by Gasteiger charge is 2.20. The van der Waals surface area contributed by atoms with Crippen molar-refractivity contribution in [2.45, 2.75) is 39.2 Å². The van der Waals surface area contributed by atoms with E-state index in [-0.39, 0.29) is 12.8 Å². The van der Waals surface area contributed by atoms with E-state index in [0.717, 1.165) is 0 Å². The van der Waals surface area contributed by atoms with Crippen molar-refractivity contribution in [3.8, 4) is 0 Å². The van der Waals surface area contributed by atoms with Crippen molar-refractivity contribution in [1.82, 2.24) is 4.72 Å². The predicted molar refractivity (Wildman–Crippen MR) is 77.8 cm³/mol. The lowest BCUT2D eigenvalue weighted by atomic mass is 10.1. The molecule has 0 saturated carbocycles. The maximum atomic E-state index is 12.0. The Morgan fingerprint density at radius 1 is 1.25 bits per heavy atom. The third-order valence-corrected chi connectivity index (χ3v) is 3.68. The molecule has 0 aliphatic rings. The largest absolute Gasteiger partial charge is 0.481 e. The van der Waals surface area contributed by atoms with Gasteiger partial charge in [0.05, 0.1) is 5.69 Å². The van der Waals surface area contributed by atoms with Crippen LogP contribution in [0.5, 0.6) is 0 Å². The lowest BCUT2D eigenvalue weighted by Gasteiger charge is -2.21. The monoisotopic (exact) mass is 300 g/mol. The Morgan fingerprint density at radius 3 is 2.40 bits per heavy atom. The quantitative estimate of drug-likeness (QED) is 0.746. The van der Waals surface area contributed by atoms with Crippen molar-refractivity contribution >= 4 is 21.9 Å². The molecule has 0 bridgehead atoms. The number of nitrogens with one attached hydrogen (secondary N) is 2. The van der Waals surface area contributed by atoms with Crippen LogP contribution in [0.15, 0.2) is 24.3 Å². The van der Waals surface area contributed by atoms with Crippen LogP contribution in [0.4, 0.5) is 5.69 Å². The number of aryl methyl sites for hydroxylation is 1. The first-order valence-electron chi connectivity index (χ1n) is 6.20. The van der Waals surface area contributed by atoms with Crippen molar-refractivity contribution < 1.29 is 18.3 Å². The highest BCUT2D eigenvalue weighted by molar-refractivity contribution is 7.90. The summed E-state index contributed by atoms with van der Waals surface area (Å²) in [6, 6.07) is 6.75. The molecule has 0 aromatic heterocycles. The smallest absolute Gasteiger partial charge is 0.303 e. The van der Waals surface area contributed by atoms with Crippen molar-refractivity contribution in [2.75, 3.05) is 4.72 Å². The average Bonchev–Trinajstić information content (AvgIpc) is 2.23. The van der Waals surface area contributed by atoms with Crippen LogP contribution in [0.25, 0.3) is 0 Å². The lowest BCUT2D eigenvalue weighted by molar-refractivity contribution is -0.136. The zero-order chi connectivity index (χ0) is 15.4. The van der Waals surface area contributed by atoms with E-state index in [2.05, 4.69) is 9.44 Å². The molecular formula is C13H20N2O4S. The summed E-state index contributed by atoms with van der Waals surface area (Å²) in [5, 5.41) is 8.70. The van der Waals surface area contributed by atoms with Crippen molar-refractivity contribution in [1.29, 1.82) is 0 Å². The lowest BCUT2D eigenvalue weighted by Crippen LogP contribution is -2.43. The summed E-state index contributed by atoms with van der Waals surface area (Å²) in [5.74, 6) is -0.921. The molecule has 1 rings (SSSR count). The Morgan fingerprint density at radius 2 is 1.85 bits per heavy atom. The maximum Gasteiger partial charge on any atom is 0.303 e. The summed E-state index contributed by atoms with van der Waals surface area (Å²) in [7, 11) is -3.70. The number of benzene rings is 1. The first-order valence-corrected chi connectivity index (χ1v) is 7.69. The van der Waals surface area contributed by atoms with Crippen LogP contribution in [-0.2, 0) is 21.4 Å². The summed E-state index contributed by atoms with van der Waals surface area (Å²) < 4.78 is 28.9. The summed E-state index contributed by atoms with van der Waals surface area (Å²) in [5.41, 5.74) is 0.446. The zero-order valence-electron chi connectivity index (χ0n) is 11.8. The molecular weight excluding hydrogens is 280 g/mol. The summed E-state index contributed by atoms with van der Waals surface area (Å²) in [6.07, 6.45) is 0.217. The van der Waals surface area contributed by atoms with Gasteiger partial charge in [0.25, 0.3) is 10.2 Å². The molecule has 0 amide bonds. The maximum absolute atomic E-state index is 12.0. The minimum Gasteiger partial charge on any atom is -0.481 e. The Hall–Kier alpha value is -1.60. The van der Waals surface area contributed by atoms with Crippen LogP contribution in [0.3, 0.4) is 0 Å². The molecule has 0 unspecified atom stereocenters. The molecule has 0 heterocycles. The van der Waals surface area contributed by atoms with Gasteiger partial charge in [0, 0.05) is 12.0 Å². The molecule has 7 heteroatoms. The molecule has 0 fully saturated rings. The van der Waals surface area contributed by atoms with Gasteiger partial charge in [0.2, 0.25) is 0 Å². The van der Waals surface area contributed by atoms with Gasteiger partial charge in [-0.2, -0.15) is 13.1 Å². The number of carboxylic acids is 1. The summed E-state index contributed by atoms with van der Waals surface area (Å²) >= 11 is 0. The number of carboxylic acid groups (broad SMARTS) is 1. The first-order chi connectivity index (χ1) is 9.09. The van der Waals surface area contributed by atoms with E-state index in [4.69, 9.17) is 5.11 Å². The molecule has 0 radical (unpaired) electrons. The van der Waals surface area contributed by atoms with Gasteiger partial charge in [-0.1, -0.05) is 18.2 Å². The molecule has 0 aliphatic heterocycles. The molecule has 20 heavy (non-hydrogen) atoms. The van der Waals surface area contributed by atoms with E-state index >= 15 is 0 Å². The van der Waals surface area contributed by atoms with Crippen LogP contribution < -0.4 is 9.44 Å². The molecule has 1 aromatic rings. The van der Waals surface area contributed by atoms with E-state index in [1.165, 1.54) is 0 Å². The fraction of sp³-hybridized carbons (Fsp3) is 0.462. The number of rotatable bonds is 6. The molecule has 3 N–H and O–H groups in total. The third-order valence-electron chi connectivity index (χ3n) is 2.31. The van der Waals surface area contributed by atoms with Gasteiger partial charge in [0.15, 0.2) is 0 Å². The van der Waals surface area contributed by atoms with E-state index < -0.39 is 21.7 Å². The van der Waals surface area contributed by atoms with Crippen molar-refractivity contribution in [2.24, 2.45) is 0 Å². The Balaban J connectivity index is 2.89. The standard InChI is InChI=1S/C13H20N2O4S/c1-13(2,3)15-20(18,19)14-11-7-5-4-6-10(11)8-9-12(16)17/h4-7,14-15H,8-9H2,1-3H3,(H,16,17). The molecule has 0 saturated heterocycles. The van der Waals surface area contributed by atoms with Crippen molar-refractivity contribution in [3.63, 3.8) is 0 Å². The summed E-state index contributed by atoms with van der Waals surface area (Å²) in [6.45, 7) is 5.22. The van der Waals surface area contributed by atoms with Crippen LogP contribution >= 0.6 is 0 Å². The Bertz CT molecular complexity index is 576. The molecule has 112 valence electrons. The van der Waals surface area contributed by atoms with Crippen LogP contribution in [0, 0.1) is 0 Å². The van der Waals surface area contributed by atoms with Gasteiger partial charge in [0.1, 0.15) is 0 Å². The van der Waals surface area contributed by atoms with E-state index in [1.54, 1.807) is 45.0 Å². The number of aliphatic carboxylic acids is 1. The average molecular weight is 300 g/mol. The second-order valence-electron chi connectivity index (χ2n) is 5.51.